The molecule has 1 aromatic carbocycles. The molecule has 0 bridgehead atoms. The van der Waals surface area contributed by atoms with E-state index in [0.29, 0.717) is 17.4 Å². The molecular formula is C8H8ClO. The molecule has 0 unspecified atom stereocenters. The topological polar surface area (TPSA) is 9.23 Å². The molecule has 0 fully saturated rings. The summed E-state index contributed by atoms with van der Waals surface area (Å²) in [5.74, 6) is 0.701. The fourth-order valence-electron chi connectivity index (χ4n) is 0.662. The minimum absolute atomic E-state index is 0.636. The zero-order valence-corrected chi connectivity index (χ0v) is 6.48. The van der Waals surface area contributed by atoms with Crippen LogP contribution in [0.4, 0.5) is 0 Å². The molecule has 0 aliphatic rings. The van der Waals surface area contributed by atoms with Gasteiger partial charge in [0.05, 0.1) is 11.6 Å². The predicted octanol–water partition coefficient (Wildman–Crippen LogP) is 2.54. The highest BCUT2D eigenvalue weighted by Gasteiger charge is 1.95. The molecule has 0 aromatic heterocycles. The van der Waals surface area contributed by atoms with Crippen molar-refractivity contribution in [2.75, 3.05) is 6.61 Å². The average molecular weight is 156 g/mol. The number of halogens is 1. The largest absolute Gasteiger partial charge is 0.492 e. The van der Waals surface area contributed by atoms with Gasteiger partial charge in [-0.15, -0.1) is 0 Å². The summed E-state index contributed by atoms with van der Waals surface area (Å²) in [5.41, 5.74) is 0. The Kier molecular flexibility index (Phi) is 2.57. The van der Waals surface area contributed by atoms with Crippen molar-refractivity contribution >= 4 is 11.6 Å². The maximum Gasteiger partial charge on any atom is 0.138 e. The van der Waals surface area contributed by atoms with Gasteiger partial charge in [0, 0.05) is 0 Å². The third kappa shape index (κ3) is 1.64. The maximum atomic E-state index is 5.76. The van der Waals surface area contributed by atoms with E-state index in [1.54, 1.807) is 18.2 Å². The summed E-state index contributed by atoms with van der Waals surface area (Å²) < 4.78 is 5.17. The Bertz CT molecular complexity index is 210. The lowest BCUT2D eigenvalue weighted by Crippen LogP contribution is -1.90. The summed E-state index contributed by atoms with van der Waals surface area (Å²) in [5, 5.41) is 0.639. The summed E-state index contributed by atoms with van der Waals surface area (Å²) in [6.07, 6.45) is 0. The smallest absolute Gasteiger partial charge is 0.138 e. The van der Waals surface area contributed by atoms with Crippen LogP contribution in [0.3, 0.4) is 0 Å². The Balaban J connectivity index is 2.81. The van der Waals surface area contributed by atoms with Gasteiger partial charge in [-0.2, -0.15) is 0 Å². The summed E-state index contributed by atoms with van der Waals surface area (Å²) in [6, 6.07) is 8.12. The van der Waals surface area contributed by atoms with Crippen molar-refractivity contribution in [1.29, 1.82) is 0 Å². The zero-order chi connectivity index (χ0) is 7.40. The van der Waals surface area contributed by atoms with Gasteiger partial charge in [0.2, 0.25) is 0 Å². The molecule has 10 heavy (non-hydrogen) atoms. The van der Waals surface area contributed by atoms with E-state index in [9.17, 15) is 0 Å². The van der Waals surface area contributed by atoms with Gasteiger partial charge >= 0.3 is 0 Å². The normalized spacial score (nSPS) is 9.40. The van der Waals surface area contributed by atoms with Gasteiger partial charge in [-0.3, -0.25) is 0 Å². The fourth-order valence-corrected chi connectivity index (χ4v) is 0.834. The number of ether oxygens (including phenoxy) is 1. The maximum absolute atomic E-state index is 5.76. The van der Waals surface area contributed by atoms with E-state index in [2.05, 4.69) is 6.07 Å². The van der Waals surface area contributed by atoms with Crippen molar-refractivity contribution < 1.29 is 4.74 Å². The number of hydrogen-bond acceptors (Lipinski definition) is 1. The van der Waals surface area contributed by atoms with Crippen LogP contribution in [0.2, 0.25) is 5.02 Å². The fraction of sp³-hybridized carbons (Fsp3) is 0.250. The predicted molar refractivity (Wildman–Crippen MR) is 41.5 cm³/mol. The van der Waals surface area contributed by atoms with Crippen LogP contribution in [0.15, 0.2) is 18.2 Å². The molecule has 1 radical (unpaired) electrons. The van der Waals surface area contributed by atoms with E-state index in [-0.39, 0.29) is 0 Å². The third-order valence-corrected chi connectivity index (χ3v) is 1.39. The van der Waals surface area contributed by atoms with Crippen LogP contribution in [0.5, 0.6) is 5.75 Å². The number of hydrogen-bond donors (Lipinski definition) is 0. The molecule has 1 nitrogen and oxygen atoms in total. The quantitative estimate of drug-likeness (QED) is 0.638. The van der Waals surface area contributed by atoms with Crippen molar-refractivity contribution in [3.05, 3.63) is 29.3 Å². The zero-order valence-electron chi connectivity index (χ0n) is 5.73. The molecular weight excluding hydrogens is 148 g/mol. The highest BCUT2D eigenvalue weighted by molar-refractivity contribution is 6.32. The van der Waals surface area contributed by atoms with Crippen molar-refractivity contribution in [2.45, 2.75) is 6.92 Å². The van der Waals surface area contributed by atoms with E-state index < -0.39 is 0 Å². The standard InChI is InChI=1S/C8H8ClO/c1-2-10-8-6-4-3-5-7(8)9/h3,5-6H,2H2,1H3. The summed E-state index contributed by atoms with van der Waals surface area (Å²) in [7, 11) is 0. The molecule has 0 heterocycles. The van der Waals surface area contributed by atoms with Gasteiger partial charge in [0.25, 0.3) is 0 Å². The Morgan fingerprint density at radius 2 is 2.50 bits per heavy atom. The van der Waals surface area contributed by atoms with Crippen molar-refractivity contribution in [1.82, 2.24) is 0 Å². The van der Waals surface area contributed by atoms with Crippen LogP contribution in [-0.2, 0) is 0 Å². The molecule has 2 heteroatoms. The molecule has 53 valence electrons. The van der Waals surface area contributed by atoms with Crippen LogP contribution < -0.4 is 4.74 Å². The first-order chi connectivity index (χ1) is 4.84. The summed E-state index contributed by atoms with van der Waals surface area (Å²) >= 11 is 5.76. The summed E-state index contributed by atoms with van der Waals surface area (Å²) in [4.78, 5) is 0. The second-order valence-electron chi connectivity index (χ2n) is 1.79. The lowest BCUT2D eigenvalue weighted by atomic mass is 10.3. The molecule has 0 aliphatic carbocycles. The first kappa shape index (κ1) is 7.42. The number of benzene rings is 1. The van der Waals surface area contributed by atoms with Crippen LogP contribution in [0, 0.1) is 6.07 Å². The highest BCUT2D eigenvalue weighted by atomic mass is 35.5. The Hall–Kier alpha value is -0.690. The van der Waals surface area contributed by atoms with Gasteiger partial charge in [-0.25, -0.2) is 0 Å². The molecule has 0 aliphatic heterocycles. The Morgan fingerprint density at radius 3 is 3.10 bits per heavy atom. The molecule has 0 spiro atoms. The average Bonchev–Trinajstić information content (AvgIpc) is 1.94. The summed E-state index contributed by atoms with van der Waals surface area (Å²) in [6.45, 7) is 2.56. The van der Waals surface area contributed by atoms with E-state index in [4.69, 9.17) is 16.3 Å². The number of rotatable bonds is 2. The molecule has 0 N–H and O–H groups in total. The van der Waals surface area contributed by atoms with E-state index in [1.807, 2.05) is 6.92 Å². The Morgan fingerprint density at radius 1 is 1.70 bits per heavy atom. The van der Waals surface area contributed by atoms with Gasteiger partial charge in [0.1, 0.15) is 5.75 Å². The first-order valence-corrected chi connectivity index (χ1v) is 3.50. The first-order valence-electron chi connectivity index (χ1n) is 3.13. The monoisotopic (exact) mass is 155 g/mol. The minimum atomic E-state index is 0.636. The van der Waals surface area contributed by atoms with Gasteiger partial charge in [-0.05, 0) is 25.1 Å². The molecule has 1 aromatic rings. The molecule has 0 atom stereocenters. The molecule has 0 saturated carbocycles. The molecule has 1 rings (SSSR count). The van der Waals surface area contributed by atoms with Gasteiger partial charge in [0.15, 0.2) is 0 Å². The van der Waals surface area contributed by atoms with Crippen molar-refractivity contribution in [3.8, 4) is 5.75 Å². The molecule has 0 saturated heterocycles. The highest BCUT2D eigenvalue weighted by Crippen LogP contribution is 2.22. The van der Waals surface area contributed by atoms with Gasteiger partial charge < -0.3 is 4.74 Å². The second-order valence-corrected chi connectivity index (χ2v) is 2.20. The Labute approximate surface area is 65.6 Å². The SMILES string of the molecule is CCOc1c[c]ccc1Cl. The van der Waals surface area contributed by atoms with Crippen molar-refractivity contribution in [3.63, 3.8) is 0 Å². The second kappa shape index (κ2) is 3.47. The van der Waals surface area contributed by atoms with Gasteiger partial charge in [-0.1, -0.05) is 17.7 Å². The van der Waals surface area contributed by atoms with Crippen molar-refractivity contribution in [2.24, 2.45) is 0 Å². The lowest BCUT2D eigenvalue weighted by molar-refractivity contribution is 0.340. The van der Waals surface area contributed by atoms with Crippen LogP contribution in [0.25, 0.3) is 0 Å². The van der Waals surface area contributed by atoms with E-state index in [1.165, 1.54) is 0 Å². The van der Waals surface area contributed by atoms with E-state index in [0.717, 1.165) is 0 Å². The van der Waals surface area contributed by atoms with Crippen LogP contribution >= 0.6 is 11.6 Å². The lowest BCUT2D eigenvalue weighted by Gasteiger charge is -2.02. The minimum Gasteiger partial charge on any atom is -0.492 e. The van der Waals surface area contributed by atoms with Crippen LogP contribution in [0.1, 0.15) is 6.92 Å². The van der Waals surface area contributed by atoms with Crippen LogP contribution in [-0.4, -0.2) is 6.61 Å². The third-order valence-electron chi connectivity index (χ3n) is 1.08. The molecule has 0 amide bonds. The van der Waals surface area contributed by atoms with E-state index >= 15 is 0 Å².